The van der Waals surface area contributed by atoms with Crippen molar-refractivity contribution in [1.29, 1.82) is 0 Å². The highest BCUT2D eigenvalue weighted by Crippen LogP contribution is 2.51. The van der Waals surface area contributed by atoms with Crippen LogP contribution in [-0.4, -0.2) is 49.4 Å². The minimum absolute atomic E-state index is 0.0154. The summed E-state index contributed by atoms with van der Waals surface area (Å²) in [6, 6.07) is 16.9. The smallest absolute Gasteiger partial charge is 0.227 e. The first-order valence-corrected chi connectivity index (χ1v) is 11.9. The molecule has 2 aromatic rings. The van der Waals surface area contributed by atoms with E-state index in [-0.39, 0.29) is 23.1 Å². The molecule has 0 radical (unpaired) electrons. The number of carbonyl (C=O) groups is 2. The van der Waals surface area contributed by atoms with E-state index in [4.69, 9.17) is 0 Å². The summed E-state index contributed by atoms with van der Waals surface area (Å²) in [6.45, 7) is 9.78. The Hall–Kier alpha value is -2.82. The molecule has 1 aliphatic heterocycles. The maximum atomic E-state index is 13.3. The number of anilines is 1. The molecule has 1 spiro atoms. The van der Waals surface area contributed by atoms with Crippen molar-refractivity contribution in [3.8, 4) is 0 Å². The summed E-state index contributed by atoms with van der Waals surface area (Å²) in [5.41, 5.74) is 4.95. The minimum Gasteiger partial charge on any atom is -0.370 e. The minimum atomic E-state index is -0.107. The first kappa shape index (κ1) is 22.4. The number of hydrogen-bond acceptors (Lipinski definition) is 3. The predicted octanol–water partition coefficient (Wildman–Crippen LogP) is 4.01. The van der Waals surface area contributed by atoms with Gasteiger partial charge in [0.05, 0.1) is 5.92 Å². The molecule has 1 aliphatic carbocycles. The summed E-state index contributed by atoms with van der Waals surface area (Å²) < 4.78 is 0. The molecule has 2 aliphatic rings. The number of nitrogens with zero attached hydrogens (tertiary/aromatic N) is 2. The fourth-order valence-corrected chi connectivity index (χ4v) is 5.58. The number of hydrogen-bond donors (Lipinski definition) is 1. The number of likely N-dealkylation sites (N-methyl/N-ethyl adjacent to an activating group) is 1. The van der Waals surface area contributed by atoms with Gasteiger partial charge in [-0.1, -0.05) is 36.4 Å². The van der Waals surface area contributed by atoms with Crippen LogP contribution in [0.2, 0.25) is 0 Å². The van der Waals surface area contributed by atoms with Crippen LogP contribution in [0.4, 0.5) is 5.69 Å². The number of fused-ring (bicyclic) bond motifs is 2. The summed E-state index contributed by atoms with van der Waals surface area (Å²) in [6.07, 6.45) is 2.72. The fraction of sp³-hybridized carbons (Fsp3) is 0.481. The molecule has 1 atom stereocenters. The second-order valence-electron chi connectivity index (χ2n) is 9.34. The number of piperidine rings is 1. The maximum absolute atomic E-state index is 13.3. The Balaban J connectivity index is 1.41. The normalized spacial score (nSPS) is 19.0. The lowest BCUT2D eigenvalue weighted by molar-refractivity contribution is -0.130. The first-order chi connectivity index (χ1) is 15.4. The van der Waals surface area contributed by atoms with E-state index in [0.717, 1.165) is 45.4 Å². The number of benzene rings is 2. The summed E-state index contributed by atoms with van der Waals surface area (Å²) >= 11 is 0. The van der Waals surface area contributed by atoms with Crippen LogP contribution in [0, 0.1) is 6.92 Å². The molecule has 5 nitrogen and oxygen atoms in total. The number of nitrogens with one attached hydrogen (secondary N) is 1. The van der Waals surface area contributed by atoms with E-state index in [0.29, 0.717) is 6.54 Å². The van der Waals surface area contributed by atoms with Crippen molar-refractivity contribution in [3.05, 3.63) is 65.2 Å². The van der Waals surface area contributed by atoms with Gasteiger partial charge in [0.1, 0.15) is 0 Å². The first-order valence-electron chi connectivity index (χ1n) is 11.9. The second-order valence-corrected chi connectivity index (χ2v) is 9.34. The third-order valence-electron chi connectivity index (χ3n) is 7.41. The van der Waals surface area contributed by atoms with E-state index < -0.39 is 0 Å². The van der Waals surface area contributed by atoms with Gasteiger partial charge < -0.3 is 15.1 Å². The quantitative estimate of drug-likeness (QED) is 0.749. The number of likely N-dealkylation sites (tertiary alicyclic amines) is 1. The average molecular weight is 434 g/mol. The highest BCUT2D eigenvalue weighted by Gasteiger charge is 2.47. The molecular weight excluding hydrogens is 398 g/mol. The van der Waals surface area contributed by atoms with Crippen LogP contribution in [0.25, 0.3) is 0 Å². The SMILES string of the molecule is CCN(CCNC(=O)C1CC2(CCN(C(C)=O)CC2)c2ccccc21)c1cccc(C)c1. The largest absolute Gasteiger partial charge is 0.370 e. The zero-order valence-corrected chi connectivity index (χ0v) is 19.6. The van der Waals surface area contributed by atoms with Crippen LogP contribution in [0.15, 0.2) is 48.5 Å². The van der Waals surface area contributed by atoms with Gasteiger partial charge in [0.2, 0.25) is 11.8 Å². The molecule has 5 heteroatoms. The molecule has 1 heterocycles. The molecule has 2 amide bonds. The van der Waals surface area contributed by atoms with Gasteiger partial charge in [-0.2, -0.15) is 0 Å². The lowest BCUT2D eigenvalue weighted by Gasteiger charge is -2.40. The summed E-state index contributed by atoms with van der Waals surface area (Å²) in [7, 11) is 0. The van der Waals surface area contributed by atoms with E-state index in [2.05, 4.69) is 66.5 Å². The van der Waals surface area contributed by atoms with Crippen molar-refractivity contribution in [2.75, 3.05) is 37.6 Å². The van der Waals surface area contributed by atoms with Gasteiger partial charge in [0, 0.05) is 50.7 Å². The topological polar surface area (TPSA) is 52.7 Å². The molecule has 170 valence electrons. The molecule has 1 N–H and O–H groups in total. The monoisotopic (exact) mass is 433 g/mol. The Bertz CT molecular complexity index is 978. The highest BCUT2D eigenvalue weighted by atomic mass is 16.2. The Morgan fingerprint density at radius 1 is 1.12 bits per heavy atom. The van der Waals surface area contributed by atoms with Crippen molar-refractivity contribution in [3.63, 3.8) is 0 Å². The fourth-order valence-electron chi connectivity index (χ4n) is 5.58. The van der Waals surface area contributed by atoms with E-state index in [1.807, 2.05) is 11.0 Å². The molecule has 1 saturated heterocycles. The van der Waals surface area contributed by atoms with Crippen LogP contribution in [0.1, 0.15) is 55.7 Å². The van der Waals surface area contributed by atoms with Gasteiger partial charge in [-0.3, -0.25) is 9.59 Å². The third-order valence-corrected chi connectivity index (χ3v) is 7.41. The number of aryl methyl sites for hydroxylation is 1. The van der Waals surface area contributed by atoms with Crippen molar-refractivity contribution >= 4 is 17.5 Å². The van der Waals surface area contributed by atoms with Crippen molar-refractivity contribution < 1.29 is 9.59 Å². The van der Waals surface area contributed by atoms with E-state index in [1.165, 1.54) is 22.4 Å². The summed E-state index contributed by atoms with van der Waals surface area (Å²) in [5, 5.41) is 3.22. The number of carbonyl (C=O) groups excluding carboxylic acids is 2. The molecule has 1 unspecified atom stereocenters. The number of amides is 2. The van der Waals surface area contributed by atoms with Gasteiger partial charge in [-0.25, -0.2) is 0 Å². The number of rotatable bonds is 6. The van der Waals surface area contributed by atoms with E-state index in [1.54, 1.807) is 6.92 Å². The molecule has 1 fully saturated rings. The summed E-state index contributed by atoms with van der Waals surface area (Å²) in [5.74, 6) is 0.169. The Labute approximate surface area is 191 Å². The highest BCUT2D eigenvalue weighted by molar-refractivity contribution is 5.85. The molecule has 0 saturated carbocycles. The van der Waals surface area contributed by atoms with Crippen LogP contribution in [0.5, 0.6) is 0 Å². The Morgan fingerprint density at radius 3 is 2.56 bits per heavy atom. The zero-order valence-electron chi connectivity index (χ0n) is 19.6. The Kier molecular flexibility index (Phi) is 6.54. The molecular formula is C27H35N3O2. The van der Waals surface area contributed by atoms with E-state index >= 15 is 0 Å². The predicted molar refractivity (Wildman–Crippen MR) is 129 cm³/mol. The van der Waals surface area contributed by atoms with Gasteiger partial charge in [0.25, 0.3) is 0 Å². The molecule has 2 aromatic carbocycles. The van der Waals surface area contributed by atoms with Gasteiger partial charge in [-0.15, -0.1) is 0 Å². The average Bonchev–Trinajstić information content (AvgIpc) is 3.11. The van der Waals surface area contributed by atoms with Gasteiger partial charge in [-0.05, 0) is 61.9 Å². The molecule has 32 heavy (non-hydrogen) atoms. The third kappa shape index (κ3) is 4.38. The zero-order chi connectivity index (χ0) is 22.7. The van der Waals surface area contributed by atoms with Crippen molar-refractivity contribution in [2.45, 2.75) is 51.4 Å². The van der Waals surface area contributed by atoms with Crippen molar-refractivity contribution in [2.24, 2.45) is 0 Å². The van der Waals surface area contributed by atoms with Crippen LogP contribution >= 0.6 is 0 Å². The van der Waals surface area contributed by atoms with Crippen molar-refractivity contribution in [1.82, 2.24) is 10.2 Å². The van der Waals surface area contributed by atoms with Crippen LogP contribution in [-0.2, 0) is 15.0 Å². The van der Waals surface area contributed by atoms with Crippen LogP contribution in [0.3, 0.4) is 0 Å². The second kappa shape index (κ2) is 9.35. The molecule has 0 bridgehead atoms. The van der Waals surface area contributed by atoms with Gasteiger partial charge >= 0.3 is 0 Å². The van der Waals surface area contributed by atoms with E-state index in [9.17, 15) is 9.59 Å². The standard InChI is InChI=1S/C27H35N3O2/c1-4-29(22-9-7-8-20(2)18-22)17-14-28-26(32)24-19-27(25-11-6-5-10-23(24)25)12-15-30(16-13-27)21(3)31/h5-11,18,24H,4,12-17,19H2,1-3H3,(H,28,32). The summed E-state index contributed by atoms with van der Waals surface area (Å²) in [4.78, 5) is 29.3. The van der Waals surface area contributed by atoms with Gasteiger partial charge in [0.15, 0.2) is 0 Å². The van der Waals surface area contributed by atoms with Crippen LogP contribution < -0.4 is 10.2 Å². The molecule has 4 rings (SSSR count). The Morgan fingerprint density at radius 2 is 1.88 bits per heavy atom. The lowest BCUT2D eigenvalue weighted by Crippen LogP contribution is -2.44. The molecule has 0 aromatic heterocycles. The lowest BCUT2D eigenvalue weighted by atomic mass is 9.73. The maximum Gasteiger partial charge on any atom is 0.227 e.